The van der Waals surface area contributed by atoms with Crippen LogP contribution in [0.3, 0.4) is 0 Å². The van der Waals surface area contributed by atoms with E-state index in [2.05, 4.69) is 0 Å². The minimum Gasteiger partial charge on any atom is -0.388 e. The van der Waals surface area contributed by atoms with Gasteiger partial charge in [-0.3, -0.25) is 4.79 Å². The lowest BCUT2D eigenvalue weighted by molar-refractivity contribution is -0.125. The highest BCUT2D eigenvalue weighted by molar-refractivity contribution is 6.32. The number of hydrogen-bond donors (Lipinski definition) is 2. The van der Waals surface area contributed by atoms with E-state index in [1.54, 1.807) is 18.2 Å². The van der Waals surface area contributed by atoms with Crippen molar-refractivity contribution in [2.24, 2.45) is 0 Å². The maximum atomic E-state index is 11.8. The van der Waals surface area contributed by atoms with Gasteiger partial charge in [-0.05, 0) is 17.7 Å². The van der Waals surface area contributed by atoms with E-state index in [-0.39, 0.29) is 19.0 Å². The van der Waals surface area contributed by atoms with Crippen LogP contribution in [0.1, 0.15) is 5.56 Å². The molecule has 1 amide bonds. The Morgan fingerprint density at radius 2 is 1.89 bits per heavy atom. The van der Waals surface area contributed by atoms with Gasteiger partial charge < -0.3 is 15.1 Å². The Bertz CT molecular complexity index is 465. The molecule has 1 fully saturated rings. The van der Waals surface area contributed by atoms with Crippen molar-refractivity contribution in [3.63, 3.8) is 0 Å². The molecule has 0 saturated carbocycles. The van der Waals surface area contributed by atoms with Gasteiger partial charge in [-0.1, -0.05) is 29.8 Å². The Hall–Kier alpha value is -1.36. The van der Waals surface area contributed by atoms with E-state index >= 15 is 0 Å². The van der Waals surface area contributed by atoms with Crippen molar-refractivity contribution in [1.29, 1.82) is 0 Å². The van der Waals surface area contributed by atoms with Crippen molar-refractivity contribution in [3.8, 4) is 0 Å². The van der Waals surface area contributed by atoms with Crippen LogP contribution >= 0.6 is 11.6 Å². The summed E-state index contributed by atoms with van der Waals surface area (Å²) in [4.78, 5) is 13.2. The van der Waals surface area contributed by atoms with Gasteiger partial charge in [0, 0.05) is 24.2 Å². The molecule has 0 aromatic heterocycles. The van der Waals surface area contributed by atoms with Crippen molar-refractivity contribution >= 4 is 23.6 Å². The first kappa shape index (κ1) is 13.1. The smallest absolute Gasteiger partial charge is 0.246 e. The Morgan fingerprint density at radius 1 is 1.28 bits per heavy atom. The standard InChI is InChI=1S/C13H14ClNO3/c14-10-4-2-1-3-9(10)5-6-13(18)15-7-11(16)12(17)8-15/h1-6,11-12,16-17H,7-8H2/t11-,12+. The Balaban J connectivity index is 2.02. The third kappa shape index (κ3) is 2.90. The van der Waals surface area contributed by atoms with Gasteiger partial charge in [-0.25, -0.2) is 0 Å². The van der Waals surface area contributed by atoms with Crippen LogP contribution in [0.4, 0.5) is 0 Å². The van der Waals surface area contributed by atoms with Crippen LogP contribution in [0.25, 0.3) is 6.08 Å². The molecule has 96 valence electrons. The molecule has 5 heteroatoms. The quantitative estimate of drug-likeness (QED) is 0.784. The summed E-state index contributed by atoms with van der Waals surface area (Å²) < 4.78 is 0. The zero-order chi connectivity index (χ0) is 13.1. The predicted octanol–water partition coefficient (Wildman–Crippen LogP) is 0.917. The van der Waals surface area contributed by atoms with E-state index < -0.39 is 12.2 Å². The SMILES string of the molecule is O=C(C=Cc1ccccc1Cl)N1C[C@@H](O)[C@@H](O)C1. The molecule has 1 heterocycles. The van der Waals surface area contributed by atoms with E-state index in [9.17, 15) is 15.0 Å². The number of aliphatic hydroxyl groups excluding tert-OH is 2. The van der Waals surface area contributed by atoms with E-state index in [1.165, 1.54) is 11.0 Å². The van der Waals surface area contributed by atoms with Crippen LogP contribution in [-0.4, -0.2) is 46.3 Å². The zero-order valence-electron chi connectivity index (χ0n) is 9.66. The summed E-state index contributed by atoms with van der Waals surface area (Å²) in [5, 5.41) is 19.3. The highest BCUT2D eigenvalue weighted by Gasteiger charge is 2.31. The molecule has 4 nitrogen and oxygen atoms in total. The normalized spacial score (nSPS) is 23.8. The first-order valence-electron chi connectivity index (χ1n) is 5.65. The molecule has 0 bridgehead atoms. The molecule has 0 unspecified atom stereocenters. The van der Waals surface area contributed by atoms with E-state index in [4.69, 9.17) is 11.6 Å². The van der Waals surface area contributed by atoms with Crippen LogP contribution in [0.15, 0.2) is 30.3 Å². The largest absolute Gasteiger partial charge is 0.388 e. The second-order valence-corrected chi connectivity index (χ2v) is 4.64. The lowest BCUT2D eigenvalue weighted by atomic mass is 10.2. The number of carbonyl (C=O) groups is 1. The van der Waals surface area contributed by atoms with Crippen LogP contribution in [0.5, 0.6) is 0 Å². The monoisotopic (exact) mass is 267 g/mol. The summed E-state index contributed by atoms with van der Waals surface area (Å²) in [6.45, 7) is 0.319. The molecule has 18 heavy (non-hydrogen) atoms. The zero-order valence-corrected chi connectivity index (χ0v) is 10.4. The number of rotatable bonds is 2. The van der Waals surface area contributed by atoms with Crippen LogP contribution in [0.2, 0.25) is 5.02 Å². The fourth-order valence-electron chi connectivity index (χ4n) is 1.83. The van der Waals surface area contributed by atoms with Crippen molar-refractivity contribution in [2.75, 3.05) is 13.1 Å². The van der Waals surface area contributed by atoms with Crippen molar-refractivity contribution in [3.05, 3.63) is 40.9 Å². The van der Waals surface area contributed by atoms with Crippen molar-refractivity contribution in [1.82, 2.24) is 4.90 Å². The highest BCUT2D eigenvalue weighted by Crippen LogP contribution is 2.17. The lowest BCUT2D eigenvalue weighted by Crippen LogP contribution is -2.27. The van der Waals surface area contributed by atoms with Gasteiger partial charge in [-0.2, -0.15) is 0 Å². The van der Waals surface area contributed by atoms with Crippen molar-refractivity contribution in [2.45, 2.75) is 12.2 Å². The highest BCUT2D eigenvalue weighted by atomic mass is 35.5. The van der Waals surface area contributed by atoms with Crippen molar-refractivity contribution < 1.29 is 15.0 Å². The van der Waals surface area contributed by atoms with Gasteiger partial charge >= 0.3 is 0 Å². The molecule has 0 spiro atoms. The molecule has 0 radical (unpaired) electrons. The first-order valence-corrected chi connectivity index (χ1v) is 6.03. The molecule has 1 aliphatic heterocycles. The van der Waals surface area contributed by atoms with Gasteiger partial charge in [0.25, 0.3) is 0 Å². The number of aliphatic hydroxyl groups is 2. The molecule has 2 N–H and O–H groups in total. The number of carbonyl (C=O) groups excluding carboxylic acids is 1. The topological polar surface area (TPSA) is 60.8 Å². The van der Waals surface area contributed by atoms with Crippen LogP contribution in [0, 0.1) is 0 Å². The van der Waals surface area contributed by atoms with Gasteiger partial charge in [0.05, 0.1) is 12.2 Å². The second kappa shape index (κ2) is 5.52. The van der Waals surface area contributed by atoms with Crippen LogP contribution in [-0.2, 0) is 4.79 Å². The summed E-state index contributed by atoms with van der Waals surface area (Å²) in [6, 6.07) is 7.20. The Morgan fingerprint density at radius 3 is 2.50 bits per heavy atom. The number of hydrogen-bond acceptors (Lipinski definition) is 3. The minimum absolute atomic E-state index is 0.160. The fourth-order valence-corrected chi connectivity index (χ4v) is 2.02. The summed E-state index contributed by atoms with van der Waals surface area (Å²) in [6.07, 6.45) is 1.30. The van der Waals surface area contributed by atoms with E-state index in [0.717, 1.165) is 5.56 Å². The predicted molar refractivity (Wildman–Crippen MR) is 69.1 cm³/mol. The average molecular weight is 268 g/mol. The number of benzene rings is 1. The molecule has 2 rings (SSSR count). The first-order chi connectivity index (χ1) is 8.58. The van der Waals surface area contributed by atoms with Gasteiger partial charge in [0.1, 0.15) is 0 Å². The molecule has 1 aromatic carbocycles. The Kier molecular flexibility index (Phi) is 4.01. The molecule has 0 aliphatic carbocycles. The maximum absolute atomic E-state index is 11.8. The molecule has 1 aliphatic rings. The molecular formula is C13H14ClNO3. The summed E-state index contributed by atoms with van der Waals surface area (Å²) in [5.74, 6) is -0.245. The molecule has 1 saturated heterocycles. The molecular weight excluding hydrogens is 254 g/mol. The number of halogens is 1. The van der Waals surface area contributed by atoms with Crippen LogP contribution < -0.4 is 0 Å². The minimum atomic E-state index is -0.859. The van der Waals surface area contributed by atoms with E-state index in [0.29, 0.717) is 5.02 Å². The molecule has 1 aromatic rings. The summed E-state index contributed by atoms with van der Waals surface area (Å²) >= 11 is 5.96. The number of β-amino-alcohol motifs (C(OH)–C–C–N with tert-alkyl or cyclic N) is 2. The van der Waals surface area contributed by atoms with E-state index in [1.807, 2.05) is 12.1 Å². The third-order valence-electron chi connectivity index (χ3n) is 2.88. The van der Waals surface area contributed by atoms with Gasteiger partial charge in [-0.15, -0.1) is 0 Å². The second-order valence-electron chi connectivity index (χ2n) is 4.23. The average Bonchev–Trinajstić information content (AvgIpc) is 2.68. The van der Waals surface area contributed by atoms with Gasteiger partial charge in [0.2, 0.25) is 5.91 Å². The summed E-state index contributed by atoms with van der Waals surface area (Å²) in [5.41, 5.74) is 0.757. The number of amides is 1. The Labute approximate surface area is 110 Å². The number of nitrogens with zero attached hydrogens (tertiary/aromatic N) is 1. The van der Waals surface area contributed by atoms with Gasteiger partial charge in [0.15, 0.2) is 0 Å². The fraction of sp³-hybridized carbons (Fsp3) is 0.308. The third-order valence-corrected chi connectivity index (χ3v) is 3.23. The summed E-state index contributed by atoms with van der Waals surface area (Å²) in [7, 11) is 0. The lowest BCUT2D eigenvalue weighted by Gasteiger charge is -2.12. The number of likely N-dealkylation sites (tertiary alicyclic amines) is 1. The molecule has 2 atom stereocenters. The maximum Gasteiger partial charge on any atom is 0.246 e.